The highest BCUT2D eigenvalue weighted by Gasteiger charge is 2.32. The van der Waals surface area contributed by atoms with E-state index in [1.807, 2.05) is 24.0 Å². The summed E-state index contributed by atoms with van der Waals surface area (Å²) in [7, 11) is 0. The Morgan fingerprint density at radius 2 is 1.92 bits per heavy atom. The molecular weight excluding hydrogens is 326 g/mol. The third-order valence-corrected chi connectivity index (χ3v) is 5.45. The minimum absolute atomic E-state index is 0.0500. The second-order valence-corrected chi connectivity index (χ2v) is 7.41. The molecule has 0 N–H and O–H groups in total. The first-order chi connectivity index (χ1) is 12.7. The average molecular weight is 353 g/mol. The number of aromatic nitrogens is 2. The van der Waals surface area contributed by atoms with Crippen molar-refractivity contribution in [3.05, 3.63) is 35.8 Å². The summed E-state index contributed by atoms with van der Waals surface area (Å²) in [5, 5.41) is 0. The highest BCUT2D eigenvalue weighted by atomic mass is 16.5. The zero-order valence-corrected chi connectivity index (χ0v) is 15.7. The summed E-state index contributed by atoms with van der Waals surface area (Å²) in [6.45, 7) is 5.52. The van der Waals surface area contributed by atoms with Gasteiger partial charge < -0.3 is 14.2 Å². The Labute approximate surface area is 155 Å². The van der Waals surface area contributed by atoms with Crippen LogP contribution < -0.4 is 4.74 Å². The molecule has 0 unspecified atom stereocenters. The van der Waals surface area contributed by atoms with Crippen molar-refractivity contribution in [3.63, 3.8) is 0 Å². The Morgan fingerprint density at radius 1 is 1.19 bits per heavy atom. The van der Waals surface area contributed by atoms with E-state index >= 15 is 0 Å². The summed E-state index contributed by atoms with van der Waals surface area (Å²) in [4.78, 5) is 19.0. The molecule has 1 aromatic heterocycles. The number of ether oxygens (including phenoxy) is 1. The van der Waals surface area contributed by atoms with Gasteiger partial charge in [0.15, 0.2) is 0 Å². The number of unbranched alkanes of at least 4 members (excludes halogenated alkanes) is 1. The lowest BCUT2D eigenvalue weighted by Gasteiger charge is -2.16. The minimum Gasteiger partial charge on any atom is -0.490 e. The van der Waals surface area contributed by atoms with E-state index in [0.717, 1.165) is 54.9 Å². The summed E-state index contributed by atoms with van der Waals surface area (Å²) >= 11 is 0. The van der Waals surface area contributed by atoms with Crippen LogP contribution >= 0.6 is 0 Å². The van der Waals surface area contributed by atoms with Crippen molar-refractivity contribution in [2.75, 3.05) is 6.54 Å². The topological polar surface area (TPSA) is 47.4 Å². The van der Waals surface area contributed by atoms with Gasteiger partial charge in [-0.2, -0.15) is 0 Å². The van der Waals surface area contributed by atoms with Gasteiger partial charge in [0.25, 0.3) is 5.91 Å². The molecule has 26 heavy (non-hydrogen) atoms. The number of imidazole rings is 1. The molecule has 1 aromatic carbocycles. The minimum atomic E-state index is 0.0500. The van der Waals surface area contributed by atoms with Crippen molar-refractivity contribution in [3.8, 4) is 17.0 Å². The molecule has 5 nitrogen and oxygen atoms in total. The monoisotopic (exact) mass is 353 g/mol. The Hall–Kier alpha value is -2.30. The largest absolute Gasteiger partial charge is 0.490 e. The summed E-state index contributed by atoms with van der Waals surface area (Å²) in [5.41, 5.74) is 3.04. The molecule has 1 fully saturated rings. The van der Waals surface area contributed by atoms with Crippen LogP contribution in [0.4, 0.5) is 0 Å². The summed E-state index contributed by atoms with van der Waals surface area (Å²) < 4.78 is 8.12. The van der Waals surface area contributed by atoms with Crippen molar-refractivity contribution in [1.29, 1.82) is 0 Å². The molecule has 0 saturated heterocycles. The third-order valence-electron chi connectivity index (χ3n) is 5.45. The molecule has 1 aliphatic carbocycles. The van der Waals surface area contributed by atoms with Gasteiger partial charge in [-0.05, 0) is 63.3 Å². The standard InChI is InChI=1S/C21H27N3O2/c1-3-4-13-23-14-24-19(15(2)22-20(24)21(23)25)16-9-11-18(12-10-16)26-17-7-5-6-8-17/h9-12,17H,3-8,13-14H2,1-2H3. The van der Waals surface area contributed by atoms with Gasteiger partial charge in [0, 0.05) is 12.1 Å². The summed E-state index contributed by atoms with van der Waals surface area (Å²) in [6, 6.07) is 8.25. The molecule has 1 amide bonds. The molecule has 0 spiro atoms. The van der Waals surface area contributed by atoms with Gasteiger partial charge in [-0.3, -0.25) is 4.79 Å². The predicted molar refractivity (Wildman–Crippen MR) is 101 cm³/mol. The normalized spacial score (nSPS) is 17.2. The van der Waals surface area contributed by atoms with Gasteiger partial charge in [-0.15, -0.1) is 0 Å². The quantitative estimate of drug-likeness (QED) is 0.773. The Kier molecular flexibility index (Phi) is 4.70. The molecule has 2 aromatic rings. The van der Waals surface area contributed by atoms with Gasteiger partial charge in [-0.25, -0.2) is 4.98 Å². The van der Waals surface area contributed by atoms with Crippen LogP contribution in [0.5, 0.6) is 5.75 Å². The lowest BCUT2D eigenvalue weighted by atomic mass is 10.1. The molecule has 2 aliphatic rings. The highest BCUT2D eigenvalue weighted by molar-refractivity contribution is 5.94. The van der Waals surface area contributed by atoms with Gasteiger partial charge in [-0.1, -0.05) is 13.3 Å². The van der Waals surface area contributed by atoms with Crippen molar-refractivity contribution < 1.29 is 9.53 Å². The lowest BCUT2D eigenvalue weighted by Crippen LogP contribution is -2.26. The fourth-order valence-electron chi connectivity index (χ4n) is 4.03. The Balaban J connectivity index is 1.55. The molecule has 1 saturated carbocycles. The molecule has 0 atom stereocenters. The summed E-state index contributed by atoms with van der Waals surface area (Å²) in [5.74, 6) is 1.55. The van der Waals surface area contributed by atoms with Crippen LogP contribution in [0.3, 0.4) is 0 Å². The number of carbonyl (C=O) groups is 1. The average Bonchev–Trinajstić information content (AvgIpc) is 3.33. The summed E-state index contributed by atoms with van der Waals surface area (Å²) in [6.07, 6.45) is 7.34. The van der Waals surface area contributed by atoms with Crippen LogP contribution in [0.25, 0.3) is 11.3 Å². The van der Waals surface area contributed by atoms with Crippen LogP contribution in [0.15, 0.2) is 24.3 Å². The third kappa shape index (κ3) is 3.11. The SMILES string of the molecule is CCCCN1Cn2c(nc(C)c2-c2ccc(OC3CCCC3)cc2)C1=O. The van der Waals surface area contributed by atoms with Gasteiger partial charge in [0.1, 0.15) is 5.75 Å². The number of carbonyl (C=O) groups excluding carboxylic acids is 1. The van der Waals surface area contributed by atoms with Crippen LogP contribution in [0.1, 0.15) is 61.8 Å². The maximum atomic E-state index is 12.6. The molecule has 2 heterocycles. The van der Waals surface area contributed by atoms with Crippen molar-refractivity contribution in [2.24, 2.45) is 0 Å². The first-order valence-electron chi connectivity index (χ1n) is 9.81. The molecule has 5 heteroatoms. The zero-order chi connectivity index (χ0) is 18.1. The molecule has 0 bridgehead atoms. The smallest absolute Gasteiger partial charge is 0.291 e. The Morgan fingerprint density at radius 3 is 2.62 bits per heavy atom. The van der Waals surface area contributed by atoms with Crippen molar-refractivity contribution >= 4 is 5.91 Å². The van der Waals surface area contributed by atoms with Gasteiger partial charge >= 0.3 is 0 Å². The zero-order valence-electron chi connectivity index (χ0n) is 15.7. The van der Waals surface area contributed by atoms with Gasteiger partial charge in [0.05, 0.1) is 24.2 Å². The maximum Gasteiger partial charge on any atom is 0.291 e. The van der Waals surface area contributed by atoms with Gasteiger partial charge in [0.2, 0.25) is 5.82 Å². The van der Waals surface area contributed by atoms with E-state index in [1.165, 1.54) is 12.8 Å². The number of aryl methyl sites for hydroxylation is 1. The van der Waals surface area contributed by atoms with E-state index in [-0.39, 0.29) is 5.91 Å². The maximum absolute atomic E-state index is 12.6. The second-order valence-electron chi connectivity index (χ2n) is 7.41. The first-order valence-corrected chi connectivity index (χ1v) is 9.81. The molecular formula is C21H27N3O2. The van der Waals surface area contributed by atoms with E-state index in [0.29, 0.717) is 18.6 Å². The van der Waals surface area contributed by atoms with E-state index in [4.69, 9.17) is 4.74 Å². The molecule has 1 aliphatic heterocycles. The molecule has 0 radical (unpaired) electrons. The fourth-order valence-corrected chi connectivity index (χ4v) is 4.03. The van der Waals surface area contributed by atoms with E-state index < -0.39 is 0 Å². The van der Waals surface area contributed by atoms with E-state index in [2.05, 4.69) is 28.6 Å². The van der Waals surface area contributed by atoms with Crippen LogP contribution in [-0.2, 0) is 6.67 Å². The molecule has 138 valence electrons. The number of hydrogen-bond donors (Lipinski definition) is 0. The van der Waals surface area contributed by atoms with E-state index in [1.54, 1.807) is 0 Å². The van der Waals surface area contributed by atoms with Crippen LogP contribution in [-0.4, -0.2) is 33.0 Å². The lowest BCUT2D eigenvalue weighted by molar-refractivity contribution is 0.0763. The number of hydrogen-bond acceptors (Lipinski definition) is 3. The fraction of sp³-hybridized carbons (Fsp3) is 0.524. The van der Waals surface area contributed by atoms with Crippen molar-refractivity contribution in [1.82, 2.24) is 14.5 Å². The molecule has 4 rings (SSSR count). The second kappa shape index (κ2) is 7.14. The van der Waals surface area contributed by atoms with Crippen molar-refractivity contribution in [2.45, 2.75) is 65.1 Å². The first kappa shape index (κ1) is 17.1. The number of amides is 1. The number of fused-ring (bicyclic) bond motifs is 1. The number of benzene rings is 1. The highest BCUT2D eigenvalue weighted by Crippen LogP contribution is 2.31. The van der Waals surface area contributed by atoms with E-state index in [9.17, 15) is 4.79 Å². The predicted octanol–water partition coefficient (Wildman–Crippen LogP) is 4.39. The number of nitrogens with zero attached hydrogens (tertiary/aromatic N) is 3. The number of rotatable bonds is 6. The van der Waals surface area contributed by atoms with Crippen LogP contribution in [0.2, 0.25) is 0 Å². The van der Waals surface area contributed by atoms with Crippen LogP contribution in [0, 0.1) is 6.92 Å². The Bertz CT molecular complexity index is 788.